The lowest BCUT2D eigenvalue weighted by atomic mass is 10.2. The maximum atomic E-state index is 4.65. The molecule has 0 aliphatic rings. The predicted octanol–water partition coefficient (Wildman–Crippen LogP) is 2.02. The minimum atomic E-state index is 0.632. The number of pyridine rings is 2. The Kier molecular flexibility index (Phi) is 6.03. The molecule has 0 unspecified atom stereocenters. The van der Waals surface area contributed by atoms with Crippen molar-refractivity contribution in [1.82, 2.24) is 25.1 Å². The minimum Gasteiger partial charge on any atom is -0.358 e. The molecule has 0 bridgehead atoms. The zero-order valence-electron chi connectivity index (χ0n) is 15.2. The third-order valence-electron chi connectivity index (χ3n) is 4.24. The molecule has 134 valence electrons. The second-order valence-electron chi connectivity index (χ2n) is 6.17. The van der Waals surface area contributed by atoms with E-state index in [1.165, 1.54) is 11.1 Å². The summed E-state index contributed by atoms with van der Waals surface area (Å²) in [5, 5.41) is 8.29. The van der Waals surface area contributed by atoms with Crippen LogP contribution in [0.1, 0.15) is 11.1 Å². The van der Waals surface area contributed by atoms with Crippen molar-refractivity contribution >= 4 is 11.8 Å². The smallest absolute Gasteiger partial charge is 0.247 e. The first-order valence-corrected chi connectivity index (χ1v) is 8.62. The van der Waals surface area contributed by atoms with E-state index < -0.39 is 0 Å². The van der Waals surface area contributed by atoms with Crippen LogP contribution in [-0.4, -0.2) is 52.3 Å². The van der Waals surface area contributed by atoms with Crippen molar-refractivity contribution in [3.05, 3.63) is 66.4 Å². The number of anilines is 2. The maximum Gasteiger partial charge on any atom is 0.247 e. The number of nitrogens with zero attached hydrogens (tertiary/aromatic N) is 7. The Hall–Kier alpha value is -3.09. The molecule has 3 rings (SSSR count). The van der Waals surface area contributed by atoms with Crippen LogP contribution in [0, 0.1) is 0 Å². The topological polar surface area (TPSA) is 70.9 Å². The fraction of sp³-hybridized carbons (Fsp3) is 0.316. The molecule has 0 atom stereocenters. The molecule has 0 N–H and O–H groups in total. The fourth-order valence-corrected chi connectivity index (χ4v) is 2.54. The summed E-state index contributed by atoms with van der Waals surface area (Å²) in [4.78, 5) is 16.9. The Morgan fingerprint density at radius 2 is 1.31 bits per heavy atom. The van der Waals surface area contributed by atoms with Crippen LogP contribution in [0.3, 0.4) is 0 Å². The van der Waals surface area contributed by atoms with Crippen molar-refractivity contribution in [2.75, 3.05) is 37.0 Å². The first kappa shape index (κ1) is 17.7. The van der Waals surface area contributed by atoms with Crippen LogP contribution in [0.5, 0.6) is 0 Å². The highest BCUT2D eigenvalue weighted by atomic mass is 15.3. The lowest BCUT2D eigenvalue weighted by Gasteiger charge is -2.21. The summed E-state index contributed by atoms with van der Waals surface area (Å²) in [6.45, 7) is 1.67. The van der Waals surface area contributed by atoms with Crippen LogP contribution in [-0.2, 0) is 12.8 Å². The Labute approximate surface area is 153 Å². The molecule has 0 radical (unpaired) electrons. The zero-order valence-corrected chi connectivity index (χ0v) is 15.2. The van der Waals surface area contributed by atoms with Crippen molar-refractivity contribution < 1.29 is 0 Å². The van der Waals surface area contributed by atoms with E-state index in [0.717, 1.165) is 31.7 Å². The van der Waals surface area contributed by atoms with Gasteiger partial charge < -0.3 is 9.80 Å². The molecule has 7 nitrogen and oxygen atoms in total. The van der Waals surface area contributed by atoms with E-state index in [1.807, 2.05) is 68.0 Å². The molecular weight excluding hydrogens is 326 g/mol. The highest BCUT2D eigenvalue weighted by Crippen LogP contribution is 2.13. The first-order chi connectivity index (χ1) is 12.7. The number of hydrogen-bond donors (Lipinski definition) is 0. The number of aromatic nitrogens is 5. The number of hydrogen-bond acceptors (Lipinski definition) is 7. The van der Waals surface area contributed by atoms with Gasteiger partial charge in [-0.2, -0.15) is 10.1 Å². The molecule has 0 fully saturated rings. The molecule has 3 heterocycles. The van der Waals surface area contributed by atoms with Crippen LogP contribution >= 0.6 is 0 Å². The summed E-state index contributed by atoms with van der Waals surface area (Å²) < 4.78 is 0. The maximum absolute atomic E-state index is 4.65. The third-order valence-corrected chi connectivity index (χ3v) is 4.24. The molecule has 0 aliphatic heterocycles. The van der Waals surface area contributed by atoms with Crippen molar-refractivity contribution in [2.45, 2.75) is 12.8 Å². The molecule has 0 aromatic carbocycles. The SMILES string of the molecule is CN(CCc1ccncc1)c1cnnc(N(C)CCc2ccncc2)n1. The van der Waals surface area contributed by atoms with E-state index in [0.29, 0.717) is 5.95 Å². The van der Waals surface area contributed by atoms with Crippen LogP contribution in [0.25, 0.3) is 0 Å². The standard InChI is InChI=1S/C19H23N7/c1-25(13-7-16-3-9-20-10-4-16)18-15-22-24-19(23-18)26(2)14-8-17-5-11-21-12-6-17/h3-6,9-12,15H,7-8,13-14H2,1-2H3. The minimum absolute atomic E-state index is 0.632. The Bertz CT molecular complexity index is 731. The van der Waals surface area contributed by atoms with E-state index in [-0.39, 0.29) is 0 Å². The molecule has 3 aromatic rings. The Morgan fingerprint density at radius 3 is 1.88 bits per heavy atom. The second-order valence-corrected chi connectivity index (χ2v) is 6.17. The largest absolute Gasteiger partial charge is 0.358 e. The van der Waals surface area contributed by atoms with Gasteiger partial charge in [-0.1, -0.05) is 0 Å². The van der Waals surface area contributed by atoms with E-state index in [4.69, 9.17) is 0 Å². The third kappa shape index (κ3) is 4.95. The van der Waals surface area contributed by atoms with Crippen LogP contribution in [0.4, 0.5) is 11.8 Å². The van der Waals surface area contributed by atoms with E-state index in [9.17, 15) is 0 Å². The summed E-state index contributed by atoms with van der Waals surface area (Å²) in [5.74, 6) is 1.45. The van der Waals surface area contributed by atoms with Gasteiger partial charge in [-0.05, 0) is 48.2 Å². The quantitative estimate of drug-likeness (QED) is 0.616. The van der Waals surface area contributed by atoms with Gasteiger partial charge in [-0.3, -0.25) is 9.97 Å². The van der Waals surface area contributed by atoms with Crippen molar-refractivity contribution in [3.8, 4) is 0 Å². The van der Waals surface area contributed by atoms with E-state index in [2.05, 4.69) is 30.0 Å². The molecule has 0 aliphatic carbocycles. The van der Waals surface area contributed by atoms with Gasteiger partial charge in [-0.25, -0.2) is 0 Å². The lowest BCUT2D eigenvalue weighted by molar-refractivity contribution is 0.790. The van der Waals surface area contributed by atoms with Crippen LogP contribution in [0.2, 0.25) is 0 Å². The molecule has 0 saturated carbocycles. The number of rotatable bonds is 8. The normalized spacial score (nSPS) is 10.5. The second kappa shape index (κ2) is 8.84. The van der Waals surface area contributed by atoms with Gasteiger partial charge in [0.05, 0.1) is 6.20 Å². The van der Waals surface area contributed by atoms with Gasteiger partial charge in [0.2, 0.25) is 5.95 Å². The summed E-state index contributed by atoms with van der Waals surface area (Å²) in [5.41, 5.74) is 2.49. The molecule has 0 amide bonds. The van der Waals surface area contributed by atoms with Crippen LogP contribution in [0.15, 0.2) is 55.2 Å². The van der Waals surface area contributed by atoms with Gasteiger partial charge >= 0.3 is 0 Å². The van der Waals surface area contributed by atoms with Crippen molar-refractivity contribution in [1.29, 1.82) is 0 Å². The van der Waals surface area contributed by atoms with Gasteiger partial charge in [0.25, 0.3) is 0 Å². The molecule has 3 aromatic heterocycles. The van der Waals surface area contributed by atoms with Crippen molar-refractivity contribution in [2.24, 2.45) is 0 Å². The monoisotopic (exact) mass is 349 g/mol. The lowest BCUT2D eigenvalue weighted by Crippen LogP contribution is -2.26. The van der Waals surface area contributed by atoms with E-state index in [1.54, 1.807) is 6.20 Å². The van der Waals surface area contributed by atoms with Gasteiger partial charge in [-0.15, -0.1) is 5.10 Å². The molecule has 7 heteroatoms. The van der Waals surface area contributed by atoms with E-state index >= 15 is 0 Å². The highest BCUT2D eigenvalue weighted by molar-refractivity contribution is 5.40. The molecular formula is C19H23N7. The van der Waals surface area contributed by atoms with Gasteiger partial charge in [0.15, 0.2) is 5.82 Å². The summed E-state index contributed by atoms with van der Waals surface area (Å²) in [6, 6.07) is 8.11. The van der Waals surface area contributed by atoms with Gasteiger partial charge in [0.1, 0.15) is 0 Å². The summed E-state index contributed by atoms with van der Waals surface area (Å²) in [7, 11) is 4.00. The van der Waals surface area contributed by atoms with Crippen molar-refractivity contribution in [3.63, 3.8) is 0 Å². The van der Waals surface area contributed by atoms with Crippen LogP contribution < -0.4 is 9.80 Å². The average molecular weight is 349 g/mol. The number of likely N-dealkylation sites (N-methyl/N-ethyl adjacent to an activating group) is 2. The summed E-state index contributed by atoms with van der Waals surface area (Å²) >= 11 is 0. The molecule has 0 saturated heterocycles. The Balaban J connectivity index is 1.58. The predicted molar refractivity (Wildman–Crippen MR) is 102 cm³/mol. The molecule has 26 heavy (non-hydrogen) atoms. The Morgan fingerprint density at radius 1 is 0.769 bits per heavy atom. The first-order valence-electron chi connectivity index (χ1n) is 8.62. The molecule has 0 spiro atoms. The van der Waals surface area contributed by atoms with Gasteiger partial charge in [0, 0.05) is 52.0 Å². The zero-order chi connectivity index (χ0) is 18.2. The highest BCUT2D eigenvalue weighted by Gasteiger charge is 2.10. The fourth-order valence-electron chi connectivity index (χ4n) is 2.54. The summed E-state index contributed by atoms with van der Waals surface area (Å²) in [6.07, 6.45) is 10.8. The average Bonchev–Trinajstić information content (AvgIpc) is 2.72.